The molecule has 1 aromatic carbocycles. The number of anilines is 1. The molecule has 0 radical (unpaired) electrons. The SMILES string of the molecule is CN(CC(F)F)CC1(c2ccc(N)cc2)CC1. The molecule has 0 aromatic heterocycles. The van der Waals surface area contributed by atoms with Crippen LogP contribution in [0.25, 0.3) is 0 Å². The molecule has 2 rings (SSSR count). The molecule has 0 atom stereocenters. The monoisotopic (exact) mass is 240 g/mol. The van der Waals surface area contributed by atoms with Crippen molar-refractivity contribution in [3.05, 3.63) is 29.8 Å². The number of hydrogen-bond acceptors (Lipinski definition) is 2. The fourth-order valence-electron chi connectivity index (χ4n) is 2.34. The van der Waals surface area contributed by atoms with Gasteiger partial charge in [0.25, 0.3) is 6.43 Å². The Morgan fingerprint density at radius 3 is 2.35 bits per heavy atom. The van der Waals surface area contributed by atoms with Crippen LogP contribution in [-0.2, 0) is 5.41 Å². The molecule has 1 fully saturated rings. The summed E-state index contributed by atoms with van der Waals surface area (Å²) in [5.41, 5.74) is 7.69. The van der Waals surface area contributed by atoms with Crippen molar-refractivity contribution in [1.29, 1.82) is 0 Å². The lowest BCUT2D eigenvalue weighted by Crippen LogP contribution is -2.32. The summed E-state index contributed by atoms with van der Waals surface area (Å²) >= 11 is 0. The van der Waals surface area contributed by atoms with Crippen LogP contribution >= 0.6 is 0 Å². The van der Waals surface area contributed by atoms with Gasteiger partial charge in [-0.25, -0.2) is 8.78 Å². The fourth-order valence-corrected chi connectivity index (χ4v) is 2.34. The van der Waals surface area contributed by atoms with Crippen molar-refractivity contribution in [3.8, 4) is 0 Å². The topological polar surface area (TPSA) is 29.3 Å². The van der Waals surface area contributed by atoms with Crippen molar-refractivity contribution in [2.45, 2.75) is 24.7 Å². The van der Waals surface area contributed by atoms with Crippen molar-refractivity contribution in [1.82, 2.24) is 4.90 Å². The van der Waals surface area contributed by atoms with Gasteiger partial charge in [0.05, 0.1) is 6.54 Å². The van der Waals surface area contributed by atoms with E-state index in [0.717, 1.165) is 18.5 Å². The number of halogens is 2. The molecule has 17 heavy (non-hydrogen) atoms. The van der Waals surface area contributed by atoms with E-state index in [2.05, 4.69) is 0 Å². The van der Waals surface area contributed by atoms with Gasteiger partial charge in [-0.1, -0.05) is 12.1 Å². The minimum absolute atomic E-state index is 0.0807. The van der Waals surface area contributed by atoms with Crippen LogP contribution in [0.2, 0.25) is 0 Å². The molecule has 4 heteroatoms. The Labute approximate surface area is 100 Å². The molecular formula is C13H18F2N2. The standard InChI is InChI=1S/C13H18F2N2/c1-17(8-12(14)15)9-13(6-7-13)10-2-4-11(16)5-3-10/h2-5,12H,6-9,16H2,1H3. The quantitative estimate of drug-likeness (QED) is 0.801. The molecule has 0 saturated heterocycles. The van der Waals surface area contributed by atoms with E-state index < -0.39 is 6.43 Å². The first kappa shape index (κ1) is 12.3. The van der Waals surface area contributed by atoms with Crippen molar-refractivity contribution in [2.24, 2.45) is 0 Å². The Bertz CT molecular complexity index is 372. The molecule has 0 amide bonds. The number of benzene rings is 1. The summed E-state index contributed by atoms with van der Waals surface area (Å²) in [5, 5.41) is 0. The number of likely N-dealkylation sites (N-methyl/N-ethyl adjacent to an activating group) is 1. The van der Waals surface area contributed by atoms with Gasteiger partial charge in [0.15, 0.2) is 0 Å². The van der Waals surface area contributed by atoms with E-state index in [9.17, 15) is 8.78 Å². The van der Waals surface area contributed by atoms with Gasteiger partial charge >= 0.3 is 0 Å². The predicted molar refractivity (Wildman–Crippen MR) is 65.3 cm³/mol. The van der Waals surface area contributed by atoms with Crippen molar-refractivity contribution >= 4 is 5.69 Å². The number of alkyl halides is 2. The smallest absolute Gasteiger partial charge is 0.251 e. The van der Waals surface area contributed by atoms with Gasteiger partial charge in [-0.05, 0) is 37.6 Å². The Hall–Kier alpha value is -1.16. The van der Waals surface area contributed by atoms with E-state index in [0.29, 0.717) is 6.54 Å². The lowest BCUT2D eigenvalue weighted by molar-refractivity contribution is 0.0962. The summed E-state index contributed by atoms with van der Waals surface area (Å²) in [6, 6.07) is 7.78. The highest BCUT2D eigenvalue weighted by Gasteiger charge is 2.44. The lowest BCUT2D eigenvalue weighted by Gasteiger charge is -2.23. The van der Waals surface area contributed by atoms with Gasteiger partial charge < -0.3 is 5.73 Å². The predicted octanol–water partition coefficient (Wildman–Crippen LogP) is 2.50. The number of nitrogen functional groups attached to an aromatic ring is 1. The molecule has 2 N–H and O–H groups in total. The van der Waals surface area contributed by atoms with Crippen molar-refractivity contribution in [3.63, 3.8) is 0 Å². The highest BCUT2D eigenvalue weighted by atomic mass is 19.3. The van der Waals surface area contributed by atoms with Crippen molar-refractivity contribution in [2.75, 3.05) is 25.9 Å². The second-order valence-electron chi connectivity index (χ2n) is 4.99. The van der Waals surface area contributed by atoms with Crippen LogP contribution in [0.4, 0.5) is 14.5 Å². The van der Waals surface area contributed by atoms with E-state index >= 15 is 0 Å². The summed E-state index contributed by atoms with van der Waals surface area (Å²) in [5.74, 6) is 0. The molecule has 0 heterocycles. The zero-order valence-electron chi connectivity index (χ0n) is 10.00. The molecule has 1 aliphatic rings. The largest absolute Gasteiger partial charge is 0.399 e. The maximum atomic E-state index is 12.3. The summed E-state index contributed by atoms with van der Waals surface area (Å²) in [6.07, 6.45) is -0.114. The molecule has 0 unspecified atom stereocenters. The van der Waals surface area contributed by atoms with Gasteiger partial charge in [0.2, 0.25) is 0 Å². The average molecular weight is 240 g/mol. The highest BCUT2D eigenvalue weighted by Crippen LogP contribution is 2.48. The van der Waals surface area contributed by atoms with E-state index in [1.54, 1.807) is 11.9 Å². The number of rotatable bonds is 5. The Kier molecular flexibility index (Phi) is 3.33. The van der Waals surface area contributed by atoms with E-state index in [4.69, 9.17) is 5.73 Å². The zero-order valence-corrected chi connectivity index (χ0v) is 10.00. The van der Waals surface area contributed by atoms with Gasteiger partial charge in [-0.2, -0.15) is 0 Å². The minimum atomic E-state index is -2.26. The van der Waals surface area contributed by atoms with Gasteiger partial charge in [0.1, 0.15) is 0 Å². The molecule has 1 aliphatic carbocycles. The summed E-state index contributed by atoms with van der Waals surface area (Å²) in [7, 11) is 1.75. The summed E-state index contributed by atoms with van der Waals surface area (Å²) < 4.78 is 24.6. The van der Waals surface area contributed by atoms with Crippen LogP contribution in [0.3, 0.4) is 0 Å². The lowest BCUT2D eigenvalue weighted by atomic mass is 9.95. The third-order valence-corrected chi connectivity index (χ3v) is 3.40. The van der Waals surface area contributed by atoms with Crippen LogP contribution < -0.4 is 5.73 Å². The molecule has 1 saturated carbocycles. The Morgan fingerprint density at radius 2 is 1.88 bits per heavy atom. The normalized spacial score (nSPS) is 17.7. The van der Waals surface area contributed by atoms with E-state index in [1.807, 2.05) is 24.3 Å². The third kappa shape index (κ3) is 2.94. The first-order valence-electron chi connectivity index (χ1n) is 5.85. The first-order chi connectivity index (χ1) is 8.02. The Morgan fingerprint density at radius 1 is 1.29 bits per heavy atom. The minimum Gasteiger partial charge on any atom is -0.399 e. The molecule has 94 valence electrons. The number of nitrogens with two attached hydrogens (primary N) is 1. The second kappa shape index (κ2) is 4.61. The molecule has 0 spiro atoms. The van der Waals surface area contributed by atoms with Crippen LogP contribution in [-0.4, -0.2) is 31.5 Å². The van der Waals surface area contributed by atoms with E-state index in [1.165, 1.54) is 5.56 Å². The van der Waals surface area contributed by atoms with Gasteiger partial charge in [0, 0.05) is 17.6 Å². The fraction of sp³-hybridized carbons (Fsp3) is 0.538. The first-order valence-corrected chi connectivity index (χ1v) is 5.85. The summed E-state index contributed by atoms with van der Waals surface area (Å²) in [6.45, 7) is 0.540. The van der Waals surface area contributed by atoms with Crippen molar-refractivity contribution < 1.29 is 8.78 Å². The highest BCUT2D eigenvalue weighted by molar-refractivity contribution is 5.43. The molecule has 0 bridgehead atoms. The third-order valence-electron chi connectivity index (χ3n) is 3.40. The number of nitrogens with zero attached hydrogens (tertiary/aromatic N) is 1. The van der Waals surface area contributed by atoms with Crippen LogP contribution in [0, 0.1) is 0 Å². The molecule has 0 aliphatic heterocycles. The van der Waals surface area contributed by atoms with Crippen LogP contribution in [0.5, 0.6) is 0 Å². The van der Waals surface area contributed by atoms with E-state index in [-0.39, 0.29) is 12.0 Å². The molecule has 2 nitrogen and oxygen atoms in total. The Balaban J connectivity index is 2.02. The second-order valence-corrected chi connectivity index (χ2v) is 4.99. The van der Waals surface area contributed by atoms with Gasteiger partial charge in [-0.15, -0.1) is 0 Å². The molecule has 1 aromatic rings. The summed E-state index contributed by atoms with van der Waals surface area (Å²) in [4.78, 5) is 1.72. The maximum absolute atomic E-state index is 12.3. The van der Waals surface area contributed by atoms with Gasteiger partial charge in [-0.3, -0.25) is 4.90 Å². The number of hydrogen-bond donors (Lipinski definition) is 1. The van der Waals surface area contributed by atoms with Crippen LogP contribution in [0.1, 0.15) is 18.4 Å². The maximum Gasteiger partial charge on any atom is 0.251 e. The molecular weight excluding hydrogens is 222 g/mol. The zero-order chi connectivity index (χ0) is 12.5. The average Bonchev–Trinajstić information content (AvgIpc) is 2.98. The van der Waals surface area contributed by atoms with Crippen LogP contribution in [0.15, 0.2) is 24.3 Å².